The van der Waals surface area contributed by atoms with Gasteiger partial charge in [-0.15, -0.1) is 0 Å². The third kappa shape index (κ3) is 9.24. The number of nitrogens with two attached hydrogens (primary N) is 1. The molecule has 2 aliphatic rings. The minimum Gasteiger partial charge on any atom is -0.493 e. The molecule has 1 fully saturated rings. The van der Waals surface area contributed by atoms with Crippen LogP contribution in [0.1, 0.15) is 46.8 Å². The van der Waals surface area contributed by atoms with Gasteiger partial charge in [0.25, 0.3) is 5.91 Å². The zero-order valence-corrected chi connectivity index (χ0v) is 30.5. The number of benzene rings is 3. The van der Waals surface area contributed by atoms with Crippen LogP contribution in [-0.4, -0.2) is 68.0 Å². The first kappa shape index (κ1) is 37.6. The Morgan fingerprint density at radius 3 is 2.43 bits per heavy atom. The highest BCUT2D eigenvalue weighted by Crippen LogP contribution is 2.34. The van der Waals surface area contributed by atoms with Crippen molar-refractivity contribution >= 4 is 22.7 Å². The number of amides is 1. The van der Waals surface area contributed by atoms with E-state index in [1.165, 1.54) is 0 Å². The number of carbonyl (C=O) groups is 1. The first-order valence-corrected chi connectivity index (χ1v) is 18.0. The molecule has 1 unspecified atom stereocenters. The van der Waals surface area contributed by atoms with Gasteiger partial charge in [0, 0.05) is 56.2 Å². The van der Waals surface area contributed by atoms with Gasteiger partial charge in [0.15, 0.2) is 11.5 Å². The van der Waals surface area contributed by atoms with Gasteiger partial charge in [-0.2, -0.15) is 0 Å². The lowest BCUT2D eigenvalue weighted by Gasteiger charge is -2.24. The van der Waals surface area contributed by atoms with Crippen LogP contribution < -0.4 is 31.3 Å². The Labute approximate surface area is 310 Å². The molecule has 2 aliphatic heterocycles. The molecule has 0 bridgehead atoms. The van der Waals surface area contributed by atoms with E-state index in [9.17, 15) is 14.7 Å². The highest BCUT2D eigenvalue weighted by atomic mass is 16.5. The molecule has 5 N–H and O–H groups in total. The molecular weight excluding hydrogens is 672 g/mol. The Balaban J connectivity index is 1.20. The molecule has 1 amide bonds. The van der Waals surface area contributed by atoms with Gasteiger partial charge in [-0.05, 0) is 90.8 Å². The number of anilines is 1. The number of aromatic nitrogens is 1. The summed E-state index contributed by atoms with van der Waals surface area (Å²) in [5, 5.41) is 15.7. The molecule has 1 aromatic heterocycles. The number of aryl methyl sites for hydroxylation is 1. The summed E-state index contributed by atoms with van der Waals surface area (Å²) in [5.74, 6) is 1.01. The molecule has 0 aliphatic carbocycles. The topological polar surface area (TPSA) is 146 Å². The van der Waals surface area contributed by atoms with Gasteiger partial charge in [-0.25, -0.2) is 0 Å². The molecule has 278 valence electrons. The van der Waals surface area contributed by atoms with Crippen molar-refractivity contribution in [1.29, 1.82) is 0 Å². The summed E-state index contributed by atoms with van der Waals surface area (Å²) in [6.45, 7) is 6.52. The van der Waals surface area contributed by atoms with E-state index in [0.29, 0.717) is 55.0 Å². The van der Waals surface area contributed by atoms with Gasteiger partial charge in [0.05, 0.1) is 13.7 Å². The predicted molar refractivity (Wildman–Crippen MR) is 207 cm³/mol. The van der Waals surface area contributed by atoms with E-state index >= 15 is 0 Å². The Morgan fingerprint density at radius 1 is 1.02 bits per heavy atom. The summed E-state index contributed by atoms with van der Waals surface area (Å²) < 4.78 is 24.5. The first-order chi connectivity index (χ1) is 25.8. The van der Waals surface area contributed by atoms with Gasteiger partial charge < -0.3 is 45.0 Å². The van der Waals surface area contributed by atoms with Crippen LogP contribution in [0.3, 0.4) is 0 Å². The Hall–Kier alpha value is -5.20. The van der Waals surface area contributed by atoms with Crippen molar-refractivity contribution in [3.05, 3.63) is 124 Å². The van der Waals surface area contributed by atoms with E-state index < -0.39 is 18.2 Å². The molecule has 11 heteroatoms. The van der Waals surface area contributed by atoms with Gasteiger partial charge in [0.2, 0.25) is 5.43 Å². The minimum atomic E-state index is -0.468. The highest BCUT2D eigenvalue weighted by molar-refractivity contribution is 6.04. The summed E-state index contributed by atoms with van der Waals surface area (Å²) in [4.78, 5) is 27.5. The van der Waals surface area contributed by atoms with Gasteiger partial charge in [-0.3, -0.25) is 9.59 Å². The van der Waals surface area contributed by atoms with Crippen LogP contribution in [0, 0.1) is 12.8 Å². The maximum atomic E-state index is 13.8. The van der Waals surface area contributed by atoms with Crippen LogP contribution >= 0.6 is 0 Å². The SMILES string of the molecule is CCO[C@@H](CO)COc1ccc(C2=CNC(N)C(c3ccc(NC(=O)c4cn(CC5CCOCC5)cc(-c5ccc(C)cc5)c4=O)cc3)=C2)cc1OC. The van der Waals surface area contributed by atoms with Crippen molar-refractivity contribution in [1.82, 2.24) is 9.88 Å². The zero-order chi connectivity index (χ0) is 37.3. The summed E-state index contributed by atoms with van der Waals surface area (Å²) in [6, 6.07) is 20.8. The summed E-state index contributed by atoms with van der Waals surface area (Å²) in [6.07, 6.45) is 8.38. The fourth-order valence-electron chi connectivity index (χ4n) is 6.54. The van der Waals surface area contributed by atoms with E-state index in [1.807, 2.05) is 91.5 Å². The summed E-state index contributed by atoms with van der Waals surface area (Å²) in [5.41, 5.74) is 12.7. The molecule has 0 spiro atoms. The van der Waals surface area contributed by atoms with Gasteiger partial charge in [0.1, 0.15) is 24.4 Å². The molecule has 3 heterocycles. The lowest BCUT2D eigenvalue weighted by atomic mass is 9.95. The van der Waals surface area contributed by atoms with E-state index in [4.69, 9.17) is 24.7 Å². The Bertz CT molecular complexity index is 2000. The van der Waals surface area contributed by atoms with Gasteiger partial charge in [-0.1, -0.05) is 48.0 Å². The smallest absolute Gasteiger partial charge is 0.261 e. The minimum absolute atomic E-state index is 0.0876. The number of hydrogen-bond acceptors (Lipinski definition) is 9. The Morgan fingerprint density at radius 2 is 1.74 bits per heavy atom. The predicted octanol–water partition coefficient (Wildman–Crippen LogP) is 5.60. The standard InChI is InChI=1S/C42H48N4O7/c1-4-52-34(25-47)26-53-38-14-11-31(20-39(38)50-3)32-19-35(41(43)44-21-32)29-9-12-33(13-10-29)45-42(49)37-24-46(22-28-15-17-51-18-16-28)23-36(40(37)48)30-7-5-27(2)6-8-30/h5-14,19-21,23-24,28,34,41,44,47H,4,15-18,22,25-26,43H2,1-3H3,(H,45,49)/t34-,41?/m0/s1. The number of ether oxygens (including phenoxy) is 4. The summed E-state index contributed by atoms with van der Waals surface area (Å²) >= 11 is 0. The zero-order valence-electron chi connectivity index (χ0n) is 30.5. The number of nitrogens with zero attached hydrogens (tertiary/aromatic N) is 1. The van der Waals surface area contributed by atoms with Crippen LogP contribution in [0.4, 0.5) is 5.69 Å². The van der Waals surface area contributed by atoms with Crippen molar-refractivity contribution in [2.75, 3.05) is 45.5 Å². The van der Waals surface area contributed by atoms with Crippen LogP contribution in [0.2, 0.25) is 0 Å². The van der Waals surface area contributed by atoms with Gasteiger partial charge >= 0.3 is 0 Å². The number of rotatable bonds is 14. The van der Waals surface area contributed by atoms with E-state index in [2.05, 4.69) is 10.6 Å². The second kappa shape index (κ2) is 17.5. The number of aliphatic hydroxyl groups excluding tert-OH is 1. The molecule has 11 nitrogen and oxygen atoms in total. The summed E-state index contributed by atoms with van der Waals surface area (Å²) in [7, 11) is 1.58. The van der Waals surface area contributed by atoms with Crippen molar-refractivity contribution in [3.8, 4) is 22.6 Å². The third-order valence-corrected chi connectivity index (χ3v) is 9.56. The molecule has 2 atom stereocenters. The van der Waals surface area contributed by atoms with Crippen LogP contribution in [-0.2, 0) is 16.0 Å². The lowest BCUT2D eigenvalue weighted by molar-refractivity contribution is -0.00807. The van der Waals surface area contributed by atoms with Crippen LogP contribution in [0.5, 0.6) is 11.5 Å². The number of pyridine rings is 1. The Kier molecular flexibility index (Phi) is 12.4. The van der Waals surface area contributed by atoms with E-state index in [1.54, 1.807) is 25.4 Å². The fraction of sp³-hybridized carbons (Fsp3) is 0.333. The highest BCUT2D eigenvalue weighted by Gasteiger charge is 2.21. The maximum Gasteiger partial charge on any atom is 0.261 e. The normalized spacial score (nSPS) is 16.6. The fourth-order valence-corrected chi connectivity index (χ4v) is 6.54. The number of allylic oxidation sites excluding steroid dienone is 2. The largest absolute Gasteiger partial charge is 0.493 e. The van der Waals surface area contributed by atoms with Crippen molar-refractivity contribution in [2.45, 2.75) is 45.5 Å². The number of aliphatic hydroxyl groups is 1. The first-order valence-electron chi connectivity index (χ1n) is 18.0. The second-order valence-electron chi connectivity index (χ2n) is 13.3. The van der Waals surface area contributed by atoms with Crippen molar-refractivity contribution in [2.24, 2.45) is 11.7 Å². The molecule has 6 rings (SSSR count). The van der Waals surface area contributed by atoms with Crippen molar-refractivity contribution in [3.63, 3.8) is 0 Å². The van der Waals surface area contributed by atoms with Crippen LogP contribution in [0.15, 0.2) is 96.2 Å². The molecule has 1 saturated heterocycles. The number of hydrogen-bond donors (Lipinski definition) is 4. The quantitative estimate of drug-likeness (QED) is 0.131. The average Bonchev–Trinajstić information content (AvgIpc) is 3.18. The molecule has 3 aromatic carbocycles. The maximum absolute atomic E-state index is 13.8. The molecule has 0 saturated carbocycles. The van der Waals surface area contributed by atoms with Crippen molar-refractivity contribution < 1.29 is 28.8 Å². The molecule has 0 radical (unpaired) electrons. The second-order valence-corrected chi connectivity index (χ2v) is 13.3. The number of carbonyl (C=O) groups excluding carboxylic acids is 1. The lowest BCUT2D eigenvalue weighted by Crippen LogP contribution is -2.36. The number of nitrogens with one attached hydrogen (secondary N) is 2. The van der Waals surface area contributed by atoms with E-state index in [-0.39, 0.29) is 24.2 Å². The van der Waals surface area contributed by atoms with E-state index in [0.717, 1.165) is 46.2 Å². The molecular formula is C42H48N4O7. The monoisotopic (exact) mass is 720 g/mol. The third-order valence-electron chi connectivity index (χ3n) is 9.56. The molecule has 4 aromatic rings. The average molecular weight is 721 g/mol. The molecule has 53 heavy (non-hydrogen) atoms. The number of methoxy groups -OCH3 is 1. The number of dihydropyridines is 1. The van der Waals surface area contributed by atoms with Crippen LogP contribution in [0.25, 0.3) is 22.3 Å².